The minimum Gasteiger partial charge on any atom is -0.497 e. The van der Waals surface area contributed by atoms with E-state index in [0.29, 0.717) is 5.56 Å². The maximum absolute atomic E-state index is 15.4. The highest BCUT2D eigenvalue weighted by molar-refractivity contribution is 6.16. The Kier molecular flexibility index (Phi) is 8.85. The summed E-state index contributed by atoms with van der Waals surface area (Å²) in [6, 6.07) is 16.6. The van der Waals surface area contributed by atoms with Crippen LogP contribution in [0.1, 0.15) is 15.9 Å². The maximum atomic E-state index is 15.4. The lowest BCUT2D eigenvalue weighted by Crippen LogP contribution is -2.73. The van der Waals surface area contributed by atoms with E-state index in [9.17, 15) is 61.9 Å². The number of hydrogen-bond acceptors (Lipinski definition) is 2. The van der Waals surface area contributed by atoms with Crippen LogP contribution in [0.3, 0.4) is 0 Å². The van der Waals surface area contributed by atoms with Crippen LogP contribution < -0.4 is 4.74 Å². The van der Waals surface area contributed by atoms with Gasteiger partial charge in [0.05, 0.1) is 18.4 Å². The lowest BCUT2D eigenvalue weighted by molar-refractivity contribution is -0.449. The molecule has 18 heteroatoms. The number of methoxy groups -OCH3 is 1. The van der Waals surface area contributed by atoms with Crippen LogP contribution in [0.15, 0.2) is 78.9 Å². The predicted octanol–water partition coefficient (Wildman–Crippen LogP) is 9.92. The summed E-state index contributed by atoms with van der Waals surface area (Å²) in [5.74, 6) is -51.9. The lowest BCUT2D eigenvalue weighted by atomic mass is 9.87. The molecule has 3 nitrogen and oxygen atoms in total. The van der Waals surface area contributed by atoms with Gasteiger partial charge in [0.1, 0.15) is 5.75 Å². The van der Waals surface area contributed by atoms with Crippen LogP contribution >= 0.6 is 0 Å². The Labute approximate surface area is 259 Å². The molecule has 0 saturated carbocycles. The fourth-order valence-corrected chi connectivity index (χ4v) is 4.78. The van der Waals surface area contributed by atoms with Crippen LogP contribution in [0, 0.1) is 0 Å². The molecule has 48 heavy (non-hydrogen) atoms. The van der Waals surface area contributed by atoms with E-state index < -0.39 is 64.1 Å². The van der Waals surface area contributed by atoms with Crippen molar-refractivity contribution < 1.29 is 75.4 Å². The van der Waals surface area contributed by atoms with Crippen molar-refractivity contribution in [2.45, 2.75) is 48.3 Å². The summed E-state index contributed by atoms with van der Waals surface area (Å²) in [5, 5.41) is -0.663. The first-order valence-electron chi connectivity index (χ1n) is 13.1. The van der Waals surface area contributed by atoms with Gasteiger partial charge in [-0.2, -0.15) is 65.9 Å². The molecule has 0 spiro atoms. The molecule has 260 valence electrons. The molecule has 1 aromatic heterocycles. The van der Waals surface area contributed by atoms with Crippen LogP contribution in [0.2, 0.25) is 0 Å². The van der Waals surface area contributed by atoms with E-state index >= 15 is 8.78 Å². The van der Waals surface area contributed by atoms with Gasteiger partial charge in [0.2, 0.25) is 5.78 Å². The van der Waals surface area contributed by atoms with Crippen LogP contribution in [0.25, 0.3) is 22.2 Å². The van der Waals surface area contributed by atoms with Crippen molar-refractivity contribution in [2.75, 3.05) is 7.11 Å². The number of para-hydroxylation sites is 1. The average Bonchev–Trinajstić information content (AvgIpc) is 3.33. The molecule has 0 fully saturated rings. The number of benzene rings is 3. The van der Waals surface area contributed by atoms with Crippen LogP contribution in [0.5, 0.6) is 5.75 Å². The zero-order valence-corrected chi connectivity index (χ0v) is 23.6. The first-order valence-corrected chi connectivity index (χ1v) is 13.1. The zero-order valence-electron chi connectivity index (χ0n) is 23.6. The standard InChI is InChI=1S/C30H18F15NO2/c1-48-18-13-11-17(12-14-18)22-21(19-9-5-6-10-20(19)46(22)15-16-7-3-2-4-8-16)23(47)24(31,32)25(33,34)26(35,36)27(37,38)28(39,40)29(41,42)30(43,44)45/h2-14H,15H2,1H3. The molecule has 3 aromatic carbocycles. The molecule has 0 aliphatic rings. The van der Waals surface area contributed by atoms with Gasteiger partial charge in [-0.05, 0) is 41.5 Å². The fraction of sp³-hybridized carbons (Fsp3) is 0.300. The number of alkyl halides is 15. The van der Waals surface area contributed by atoms with Crippen LogP contribution in [-0.2, 0) is 6.54 Å². The molecular weight excluding hydrogens is 691 g/mol. The van der Waals surface area contributed by atoms with E-state index in [1.807, 2.05) is 0 Å². The summed E-state index contributed by atoms with van der Waals surface area (Å²) in [5.41, 5.74) is -2.28. The summed E-state index contributed by atoms with van der Waals surface area (Å²) in [6.45, 7) is -0.328. The van der Waals surface area contributed by atoms with Gasteiger partial charge in [-0.15, -0.1) is 0 Å². The minimum atomic E-state index is -8.52. The Morgan fingerprint density at radius 2 is 1.08 bits per heavy atom. The molecule has 0 radical (unpaired) electrons. The SMILES string of the molecule is COc1ccc(-c2c(C(=O)C(F)(F)C(F)(F)C(F)(F)C(F)(F)C(F)(F)C(F)(F)C(F)(F)F)c3ccccc3n2Cc2ccccc2)cc1. The van der Waals surface area contributed by atoms with Crippen molar-refractivity contribution >= 4 is 16.7 Å². The Morgan fingerprint density at radius 1 is 0.604 bits per heavy atom. The van der Waals surface area contributed by atoms with Gasteiger partial charge in [-0.3, -0.25) is 4.79 Å². The van der Waals surface area contributed by atoms with Gasteiger partial charge >= 0.3 is 41.7 Å². The molecule has 4 aromatic rings. The number of ketones is 1. The molecule has 0 saturated heterocycles. The number of ether oxygens (including phenoxy) is 1. The molecule has 0 unspecified atom stereocenters. The molecule has 0 N–H and O–H groups in total. The summed E-state index contributed by atoms with van der Waals surface area (Å²) in [4.78, 5) is 13.3. The van der Waals surface area contributed by atoms with E-state index in [-0.39, 0.29) is 23.4 Å². The quantitative estimate of drug-likeness (QED) is 0.115. The van der Waals surface area contributed by atoms with Gasteiger partial charge in [0.15, 0.2) is 0 Å². The number of nitrogens with zero attached hydrogens (tertiary/aromatic N) is 1. The molecule has 0 atom stereocenters. The fourth-order valence-electron chi connectivity index (χ4n) is 4.78. The largest absolute Gasteiger partial charge is 0.497 e. The Balaban J connectivity index is 1.98. The second-order valence-corrected chi connectivity index (χ2v) is 10.3. The van der Waals surface area contributed by atoms with E-state index in [4.69, 9.17) is 4.74 Å². The van der Waals surface area contributed by atoms with Crippen molar-refractivity contribution in [1.29, 1.82) is 0 Å². The first-order chi connectivity index (χ1) is 21.9. The van der Waals surface area contributed by atoms with E-state index in [2.05, 4.69) is 0 Å². The highest BCUT2D eigenvalue weighted by Gasteiger charge is 2.94. The normalized spacial score (nSPS) is 14.0. The second kappa shape index (κ2) is 11.6. The van der Waals surface area contributed by atoms with Gasteiger partial charge in [0.25, 0.3) is 0 Å². The summed E-state index contributed by atoms with van der Waals surface area (Å²) in [7, 11) is 1.21. The number of fused-ring (bicyclic) bond motifs is 1. The number of halogens is 15. The topological polar surface area (TPSA) is 31.2 Å². The molecule has 0 aliphatic carbocycles. The van der Waals surface area contributed by atoms with Crippen molar-refractivity contribution in [3.8, 4) is 17.0 Å². The van der Waals surface area contributed by atoms with Crippen molar-refractivity contribution in [2.24, 2.45) is 0 Å². The maximum Gasteiger partial charge on any atom is 0.460 e. The summed E-state index contributed by atoms with van der Waals surface area (Å²) >= 11 is 0. The molecule has 0 bridgehead atoms. The Hall–Kier alpha value is -4.38. The van der Waals surface area contributed by atoms with Crippen molar-refractivity contribution in [1.82, 2.24) is 4.57 Å². The van der Waals surface area contributed by atoms with E-state index in [0.717, 1.165) is 28.8 Å². The predicted molar refractivity (Wildman–Crippen MR) is 140 cm³/mol. The molecule has 0 amide bonds. The molecular formula is C30H18F15NO2. The molecule has 1 heterocycles. The van der Waals surface area contributed by atoms with Gasteiger partial charge < -0.3 is 9.30 Å². The van der Waals surface area contributed by atoms with E-state index in [1.54, 1.807) is 6.07 Å². The number of rotatable bonds is 11. The van der Waals surface area contributed by atoms with Gasteiger partial charge in [0, 0.05) is 17.4 Å². The summed E-state index contributed by atoms with van der Waals surface area (Å²) in [6.07, 6.45) is -7.74. The molecule has 0 aliphatic heterocycles. The third kappa shape index (κ3) is 5.23. The van der Waals surface area contributed by atoms with Gasteiger partial charge in [-0.25, -0.2) is 0 Å². The highest BCUT2D eigenvalue weighted by atomic mass is 19.4. The minimum absolute atomic E-state index is 0.132. The van der Waals surface area contributed by atoms with E-state index in [1.165, 1.54) is 55.6 Å². The first kappa shape index (κ1) is 36.5. The van der Waals surface area contributed by atoms with Crippen molar-refractivity contribution in [3.05, 3.63) is 90.0 Å². The average molecular weight is 709 g/mol. The van der Waals surface area contributed by atoms with Crippen molar-refractivity contribution in [3.63, 3.8) is 0 Å². The second-order valence-electron chi connectivity index (χ2n) is 10.3. The smallest absolute Gasteiger partial charge is 0.460 e. The van der Waals surface area contributed by atoms with Gasteiger partial charge in [-0.1, -0.05) is 48.5 Å². The highest BCUT2D eigenvalue weighted by Crippen LogP contribution is 2.63. The Morgan fingerprint density at radius 3 is 1.60 bits per heavy atom. The zero-order chi connectivity index (χ0) is 36.3. The molecule has 4 rings (SSSR count). The van der Waals surface area contributed by atoms with Crippen LogP contribution in [-0.4, -0.2) is 59.2 Å². The number of hydrogen-bond donors (Lipinski definition) is 0. The van der Waals surface area contributed by atoms with Crippen LogP contribution in [0.4, 0.5) is 65.9 Å². The third-order valence-electron chi connectivity index (χ3n) is 7.36. The lowest BCUT2D eigenvalue weighted by Gasteiger charge is -2.41. The monoisotopic (exact) mass is 709 g/mol. The third-order valence-corrected chi connectivity index (χ3v) is 7.36. The number of Topliss-reactive ketones (excluding diaryl/α,β-unsaturated/α-hetero) is 1. The Bertz CT molecular complexity index is 1790. The number of carbonyl (C=O) groups excluding carboxylic acids is 1. The number of aromatic nitrogens is 1. The summed E-state index contributed by atoms with van der Waals surface area (Å²) < 4.78 is 216. The number of carbonyl (C=O) groups is 1.